The van der Waals surface area contributed by atoms with Crippen molar-refractivity contribution < 1.29 is 0 Å². The molecule has 0 bridgehead atoms. The van der Waals surface area contributed by atoms with Gasteiger partial charge in [0.05, 0.1) is 16.8 Å². The molecule has 0 unspecified atom stereocenters. The highest BCUT2D eigenvalue weighted by Crippen LogP contribution is 2.63. The SMILES string of the molecule is C=Cc1ccc(N2c3ccccc3C3(c4ccccc4-c4ccccc43)c3ccccc32)cc1. The summed E-state index contributed by atoms with van der Waals surface area (Å²) in [5.74, 6) is 0. The highest BCUT2D eigenvalue weighted by atomic mass is 15.2. The molecule has 1 aliphatic carbocycles. The van der Waals surface area contributed by atoms with Crippen LogP contribution in [0.3, 0.4) is 0 Å². The van der Waals surface area contributed by atoms with E-state index in [1.807, 2.05) is 6.08 Å². The standard InChI is InChI=1S/C33H23N/c1-2-23-19-21-24(22-20-23)34-31-17-9-7-15-29(31)33(30-16-8-10-18-32(30)34)27-13-5-3-11-25(27)26-12-4-6-14-28(26)33/h2-22H,1H2. The average Bonchev–Trinajstić information content (AvgIpc) is 3.21. The van der Waals surface area contributed by atoms with Gasteiger partial charge in [-0.3, -0.25) is 0 Å². The second-order valence-corrected chi connectivity index (χ2v) is 9.01. The molecule has 1 heterocycles. The van der Waals surface area contributed by atoms with Gasteiger partial charge in [0, 0.05) is 5.69 Å². The molecule has 5 aromatic rings. The Morgan fingerprint density at radius 2 is 0.941 bits per heavy atom. The monoisotopic (exact) mass is 433 g/mol. The van der Waals surface area contributed by atoms with Crippen LogP contribution in [0, 0.1) is 0 Å². The smallest absolute Gasteiger partial charge is 0.0754 e. The summed E-state index contributed by atoms with van der Waals surface area (Å²) in [5.41, 5.74) is 12.4. The summed E-state index contributed by atoms with van der Waals surface area (Å²) in [7, 11) is 0. The molecule has 0 saturated heterocycles. The van der Waals surface area contributed by atoms with Gasteiger partial charge in [-0.15, -0.1) is 0 Å². The summed E-state index contributed by atoms with van der Waals surface area (Å²) < 4.78 is 0. The topological polar surface area (TPSA) is 3.24 Å². The van der Waals surface area contributed by atoms with Gasteiger partial charge in [-0.25, -0.2) is 0 Å². The first kappa shape index (κ1) is 19.1. The maximum absolute atomic E-state index is 3.92. The molecule has 0 radical (unpaired) electrons. The van der Waals surface area contributed by atoms with Crippen LogP contribution in [0.4, 0.5) is 17.1 Å². The third kappa shape index (κ3) is 2.34. The summed E-state index contributed by atoms with van der Waals surface area (Å²) in [4.78, 5) is 2.41. The van der Waals surface area contributed by atoms with E-state index in [2.05, 4.69) is 133 Å². The number of fused-ring (bicyclic) bond motifs is 9. The lowest BCUT2D eigenvalue weighted by Crippen LogP contribution is -2.36. The van der Waals surface area contributed by atoms with Gasteiger partial charge in [-0.05, 0) is 63.2 Å². The van der Waals surface area contributed by atoms with Crippen molar-refractivity contribution in [2.24, 2.45) is 0 Å². The van der Waals surface area contributed by atoms with Gasteiger partial charge in [-0.1, -0.05) is 110 Å². The van der Waals surface area contributed by atoms with Crippen molar-refractivity contribution in [1.29, 1.82) is 0 Å². The summed E-state index contributed by atoms with van der Waals surface area (Å²) in [6.07, 6.45) is 1.89. The van der Waals surface area contributed by atoms with Gasteiger partial charge in [0.25, 0.3) is 0 Å². The molecule has 0 N–H and O–H groups in total. The number of hydrogen-bond donors (Lipinski definition) is 0. The van der Waals surface area contributed by atoms with Crippen molar-refractivity contribution in [3.05, 3.63) is 156 Å². The first-order valence-electron chi connectivity index (χ1n) is 11.7. The molecule has 1 nitrogen and oxygen atoms in total. The Morgan fingerprint density at radius 1 is 0.500 bits per heavy atom. The fourth-order valence-corrected chi connectivity index (χ4v) is 6.10. The van der Waals surface area contributed by atoms with Gasteiger partial charge < -0.3 is 4.90 Å². The van der Waals surface area contributed by atoms with E-state index in [0.29, 0.717) is 0 Å². The van der Waals surface area contributed by atoms with Crippen LogP contribution in [0.25, 0.3) is 17.2 Å². The Hall–Kier alpha value is -4.36. The molecule has 34 heavy (non-hydrogen) atoms. The summed E-state index contributed by atoms with van der Waals surface area (Å²) in [5, 5.41) is 0. The third-order valence-corrected chi connectivity index (χ3v) is 7.44. The largest absolute Gasteiger partial charge is 0.310 e. The molecular weight excluding hydrogens is 410 g/mol. The van der Waals surface area contributed by atoms with E-state index in [0.717, 1.165) is 11.3 Å². The molecule has 0 aromatic heterocycles. The van der Waals surface area contributed by atoms with E-state index in [1.54, 1.807) is 0 Å². The molecule has 0 fully saturated rings. The van der Waals surface area contributed by atoms with Crippen molar-refractivity contribution in [2.45, 2.75) is 5.41 Å². The predicted octanol–water partition coefficient (Wildman–Crippen LogP) is 8.48. The maximum Gasteiger partial charge on any atom is 0.0754 e. The molecule has 0 saturated carbocycles. The van der Waals surface area contributed by atoms with Crippen LogP contribution in [-0.4, -0.2) is 0 Å². The number of benzene rings is 5. The summed E-state index contributed by atoms with van der Waals surface area (Å²) in [6, 6.07) is 44.3. The van der Waals surface area contributed by atoms with Gasteiger partial charge in [-0.2, -0.15) is 0 Å². The fourth-order valence-electron chi connectivity index (χ4n) is 6.10. The quantitative estimate of drug-likeness (QED) is 0.264. The van der Waals surface area contributed by atoms with Gasteiger partial charge >= 0.3 is 0 Å². The molecule has 0 amide bonds. The predicted molar refractivity (Wildman–Crippen MR) is 142 cm³/mol. The van der Waals surface area contributed by atoms with Crippen molar-refractivity contribution in [1.82, 2.24) is 0 Å². The summed E-state index contributed by atoms with van der Waals surface area (Å²) >= 11 is 0. The first-order chi connectivity index (χ1) is 16.8. The normalized spacial score (nSPS) is 14.2. The van der Waals surface area contributed by atoms with E-state index >= 15 is 0 Å². The Morgan fingerprint density at radius 3 is 1.44 bits per heavy atom. The number of nitrogens with zero attached hydrogens (tertiary/aromatic N) is 1. The molecule has 7 rings (SSSR count). The minimum atomic E-state index is -0.349. The van der Waals surface area contributed by atoms with E-state index in [4.69, 9.17) is 0 Å². The Kier molecular flexibility index (Phi) is 3.98. The zero-order valence-corrected chi connectivity index (χ0v) is 18.8. The number of hydrogen-bond acceptors (Lipinski definition) is 1. The average molecular weight is 434 g/mol. The zero-order valence-electron chi connectivity index (χ0n) is 18.8. The molecule has 1 spiro atoms. The van der Waals surface area contributed by atoms with E-state index in [-0.39, 0.29) is 5.41 Å². The van der Waals surface area contributed by atoms with Crippen molar-refractivity contribution in [2.75, 3.05) is 4.90 Å². The van der Waals surface area contributed by atoms with Crippen LogP contribution >= 0.6 is 0 Å². The van der Waals surface area contributed by atoms with Crippen molar-refractivity contribution >= 4 is 23.1 Å². The van der Waals surface area contributed by atoms with Crippen molar-refractivity contribution in [3.63, 3.8) is 0 Å². The molecule has 2 aliphatic rings. The lowest BCUT2D eigenvalue weighted by molar-refractivity contribution is 0.752. The Labute approximate surface area is 200 Å². The van der Waals surface area contributed by atoms with Gasteiger partial charge in [0.1, 0.15) is 0 Å². The van der Waals surface area contributed by atoms with Crippen LogP contribution in [0.2, 0.25) is 0 Å². The lowest BCUT2D eigenvalue weighted by Gasteiger charge is -2.45. The molecule has 1 heteroatoms. The summed E-state index contributed by atoms with van der Waals surface area (Å²) in [6.45, 7) is 3.92. The minimum Gasteiger partial charge on any atom is -0.310 e. The van der Waals surface area contributed by atoms with E-state index in [9.17, 15) is 0 Å². The number of anilines is 3. The minimum absolute atomic E-state index is 0.349. The highest BCUT2D eigenvalue weighted by Gasteiger charge is 2.51. The molecule has 160 valence electrons. The second kappa shape index (κ2) is 7.07. The molecular formula is C33H23N. The lowest BCUT2D eigenvalue weighted by atomic mass is 9.64. The van der Waals surface area contributed by atoms with Crippen LogP contribution in [0.1, 0.15) is 27.8 Å². The Bertz CT molecular complexity index is 1480. The second-order valence-electron chi connectivity index (χ2n) is 9.01. The number of rotatable bonds is 2. The molecule has 0 atom stereocenters. The van der Waals surface area contributed by atoms with Crippen molar-refractivity contribution in [3.8, 4) is 11.1 Å². The molecule has 5 aromatic carbocycles. The number of para-hydroxylation sites is 2. The van der Waals surface area contributed by atoms with E-state index < -0.39 is 0 Å². The first-order valence-corrected chi connectivity index (χ1v) is 11.7. The fraction of sp³-hybridized carbons (Fsp3) is 0.0303. The van der Waals surface area contributed by atoms with Crippen LogP contribution in [0.5, 0.6) is 0 Å². The van der Waals surface area contributed by atoms with E-state index in [1.165, 1.54) is 44.8 Å². The van der Waals surface area contributed by atoms with Crippen LogP contribution in [0.15, 0.2) is 128 Å². The van der Waals surface area contributed by atoms with Crippen LogP contribution < -0.4 is 4.90 Å². The highest BCUT2D eigenvalue weighted by molar-refractivity contribution is 5.95. The van der Waals surface area contributed by atoms with Crippen LogP contribution in [-0.2, 0) is 5.41 Å². The Balaban J connectivity index is 1.62. The maximum atomic E-state index is 3.92. The zero-order chi connectivity index (χ0) is 22.7. The third-order valence-electron chi connectivity index (χ3n) is 7.44. The molecule has 1 aliphatic heterocycles. The van der Waals surface area contributed by atoms with Gasteiger partial charge in [0.15, 0.2) is 0 Å². The van der Waals surface area contributed by atoms with Gasteiger partial charge in [0.2, 0.25) is 0 Å².